The molecule has 8 aromatic rings. The first-order valence-corrected chi connectivity index (χ1v) is 35.7. The van der Waals surface area contributed by atoms with Crippen LogP contribution in [0.1, 0.15) is 161 Å². The van der Waals surface area contributed by atoms with E-state index in [1.165, 1.54) is 24.0 Å². The number of nitrogens with zero attached hydrogens (tertiary/aromatic N) is 4. The number of aromatic hydroxyl groups is 2. The molecule has 8 N–H and O–H groups in total. The molecule has 4 amide bonds. The van der Waals surface area contributed by atoms with Crippen molar-refractivity contribution in [3.8, 4) is 33.8 Å². The molecule has 1 radical (unpaired) electrons. The largest absolute Gasteiger partial charge is 0.507 e. The number of hydrogen-bond donors (Lipinski definition) is 6. The van der Waals surface area contributed by atoms with Gasteiger partial charge in [-0.15, -0.1) is 11.6 Å². The Morgan fingerprint density at radius 1 is 0.546 bits per heavy atom. The number of ether oxygens (including phenoxy) is 4. The maximum Gasteiger partial charge on any atom is 0.416 e. The molecule has 0 bridgehead atoms. The molecule has 0 saturated heterocycles. The molecule has 8 rings (SSSR count). The maximum atomic E-state index is 13.9. The van der Waals surface area contributed by atoms with Crippen molar-refractivity contribution in [2.45, 2.75) is 175 Å². The number of aryl methyl sites for hydroxylation is 2. The number of carboxylic acid groups (broad SMARTS) is 1. The third kappa shape index (κ3) is 29.7. The van der Waals surface area contributed by atoms with Crippen molar-refractivity contribution in [1.82, 2.24) is 26.8 Å². The summed E-state index contributed by atoms with van der Waals surface area (Å²) in [5.41, 5.74) is 6.10. The fourth-order valence-corrected chi connectivity index (χ4v) is 11.8. The van der Waals surface area contributed by atoms with Crippen LogP contribution in [-0.2, 0) is 47.7 Å². The minimum absolute atomic E-state index is 0. The summed E-state index contributed by atoms with van der Waals surface area (Å²) in [5, 5.41) is 38.1. The number of benzene rings is 6. The molecule has 2 heterocycles. The number of fused-ring (bicyclic) bond motifs is 2. The van der Waals surface area contributed by atoms with Gasteiger partial charge in [0, 0.05) is 92.5 Å². The first kappa shape index (κ1) is 89.3. The molecule has 25 heteroatoms. The van der Waals surface area contributed by atoms with E-state index < -0.39 is 58.7 Å². The van der Waals surface area contributed by atoms with E-state index in [4.69, 9.17) is 28.5 Å². The zero-order chi connectivity index (χ0) is 80.0. The van der Waals surface area contributed by atoms with E-state index in [1.807, 2.05) is 163 Å². The van der Waals surface area contributed by atoms with Crippen molar-refractivity contribution in [2.75, 3.05) is 37.1 Å². The summed E-state index contributed by atoms with van der Waals surface area (Å²) in [4.78, 5) is 112. The molecule has 0 unspecified atom stereocenters. The van der Waals surface area contributed by atoms with Gasteiger partial charge in [0.1, 0.15) is 40.4 Å². The number of alkyl halides is 1. The summed E-state index contributed by atoms with van der Waals surface area (Å²) in [6.45, 7) is 22.7. The van der Waals surface area contributed by atoms with Gasteiger partial charge in [-0.05, 0) is 187 Å². The zero-order valence-corrected chi connectivity index (χ0v) is 69.4. The number of aliphatic carboxylic acids is 1. The van der Waals surface area contributed by atoms with Crippen molar-refractivity contribution in [3.05, 3.63) is 180 Å². The maximum absolute atomic E-state index is 13.9. The van der Waals surface area contributed by atoms with E-state index in [9.17, 15) is 53.7 Å². The Hall–Kier alpha value is -9.33. The minimum Gasteiger partial charge on any atom is -0.507 e. The van der Waals surface area contributed by atoms with Crippen LogP contribution >= 0.6 is 11.6 Å². The second kappa shape index (κ2) is 44.2. The quantitative estimate of drug-likeness (QED) is 0.0115. The van der Waals surface area contributed by atoms with Gasteiger partial charge in [-0.2, -0.15) is 0 Å². The van der Waals surface area contributed by atoms with Gasteiger partial charge in [-0.1, -0.05) is 137 Å². The Morgan fingerprint density at radius 2 is 0.926 bits per heavy atom. The molecule has 108 heavy (non-hydrogen) atoms. The first-order chi connectivity index (χ1) is 51.0. The van der Waals surface area contributed by atoms with Gasteiger partial charge in [0.05, 0.1) is 46.8 Å². The van der Waals surface area contributed by atoms with Crippen molar-refractivity contribution in [2.24, 2.45) is 11.8 Å². The van der Waals surface area contributed by atoms with Crippen molar-refractivity contribution < 1.29 is 104 Å². The van der Waals surface area contributed by atoms with E-state index in [1.54, 1.807) is 78.2 Å². The number of hydrogen-bond acceptors (Lipinski definition) is 17. The average Bonchev–Trinajstić information content (AvgIpc) is 0.793. The number of esters is 2. The van der Waals surface area contributed by atoms with Gasteiger partial charge in [-0.25, -0.2) is 24.4 Å². The smallest absolute Gasteiger partial charge is 0.416 e. The van der Waals surface area contributed by atoms with Gasteiger partial charge in [0.2, 0.25) is 11.8 Å². The summed E-state index contributed by atoms with van der Waals surface area (Å²) in [5.74, 6) is -1.52. The Bertz CT molecular complexity index is 4320. The van der Waals surface area contributed by atoms with Crippen LogP contribution in [0.25, 0.3) is 43.8 Å². The summed E-state index contributed by atoms with van der Waals surface area (Å²) in [6.07, 6.45) is 3.91. The average molecular weight is 1730 g/mol. The van der Waals surface area contributed by atoms with Crippen LogP contribution in [0.3, 0.4) is 0 Å². The van der Waals surface area contributed by atoms with E-state index >= 15 is 0 Å². The molecule has 577 valence electrons. The Labute approximate surface area is 668 Å². The fourth-order valence-electron chi connectivity index (χ4n) is 11.5. The van der Waals surface area contributed by atoms with E-state index in [2.05, 4.69) is 25.3 Å². The van der Waals surface area contributed by atoms with Crippen LogP contribution in [-0.4, -0.2) is 135 Å². The number of aromatic nitrogens is 2. The predicted molar refractivity (Wildman–Crippen MR) is 424 cm³/mol. The zero-order valence-electron chi connectivity index (χ0n) is 66.4. The summed E-state index contributed by atoms with van der Waals surface area (Å²) in [6, 6.07) is 43.5. The van der Waals surface area contributed by atoms with E-state index in [0.717, 1.165) is 66.1 Å². The standard InChI is InChI=1S/C42H51N3O7.C21H33N3O5.C20H17ClO3.BH2.H3N.U/c1-27(2)23-35(44-39(48)13-10-22-45(41(50)52-42(4,5)6)38-24-28(3)20-21-43-38)37(47)25-31(26-40(49)51-7)29-14-16-30(17-15-29)32-18-19-36(46)34-12-9-8-11-33(32)34;1-14(2)12-16(19(26)27)23-18(25)8-7-11-24(20(28)29-21(4,5)6)17-13-15(3)9-10-22-17;1-24-20(23)12-18(21)14-8-6-13(7-9-14)15-10-11-19(22)17-5-3-2-4-16(15)17;;;/h8-9,11-12,14-21,24,27,31,35,46H,10,13,22-23,25-26H2,1-7H3,(H,44,48);9-10,13-14,16H,7-8,11-12H2,1-6H3,(H,23,25)(H,26,27);2-11,18,22H,12H2,1H3;1H2;1H3;/t31-,35-;16-;18-;;;/m000.../s1/i;;;1T2;;. The van der Waals surface area contributed by atoms with Gasteiger partial charge >= 0.3 is 30.1 Å². The molecular weight excluding hydrogens is 1620 g/mol. The summed E-state index contributed by atoms with van der Waals surface area (Å²) >= 11 is 6.26. The predicted octanol–water partition coefficient (Wildman–Crippen LogP) is 16.1. The third-order valence-electron chi connectivity index (χ3n) is 16.7. The normalized spacial score (nSPS) is 12.2. The molecule has 6 aromatic carbocycles. The number of ketones is 1. The summed E-state index contributed by atoms with van der Waals surface area (Å²) < 4.78 is 32.2. The van der Waals surface area contributed by atoms with Gasteiger partial charge in [0.15, 0.2) is 5.78 Å². The topological polar surface area (TPSA) is 325 Å². The second-order valence-electron chi connectivity index (χ2n) is 28.7. The number of halogens is 1. The number of methoxy groups -OCH3 is 2. The Balaban J connectivity index is 0.000000456. The number of carbonyl (C=O) groups excluding carboxylic acids is 7. The van der Waals surface area contributed by atoms with Gasteiger partial charge in [0.25, 0.3) is 0 Å². The molecular formula is C83H106BClN7O15U. The van der Waals surface area contributed by atoms with Crippen LogP contribution in [0.5, 0.6) is 11.5 Å². The molecule has 0 saturated carbocycles. The second-order valence-corrected chi connectivity index (χ2v) is 29.2. The van der Waals surface area contributed by atoms with Crippen molar-refractivity contribution >= 4 is 101 Å². The van der Waals surface area contributed by atoms with E-state index in [-0.39, 0.29) is 129 Å². The Kier molecular flexibility index (Phi) is 36.6. The third-order valence-corrected chi connectivity index (χ3v) is 17.1. The number of amides is 4. The van der Waals surface area contributed by atoms with E-state index in [0.29, 0.717) is 45.7 Å². The minimum atomic E-state index is -1.05. The molecule has 4 atom stereocenters. The Morgan fingerprint density at radius 3 is 1.31 bits per heavy atom. The first-order valence-electron chi connectivity index (χ1n) is 36.4. The number of Topliss-reactive ketones (excluding diaryl/α,β-unsaturated/α-hetero) is 1. The number of pyridine rings is 2. The number of rotatable bonds is 28. The van der Waals surface area contributed by atoms with Crippen LogP contribution in [0.2, 0.25) is 0 Å². The van der Waals surface area contributed by atoms with Gasteiger partial charge < -0.3 is 51.1 Å². The molecule has 0 aliphatic rings. The van der Waals surface area contributed by atoms with Gasteiger partial charge in [-0.3, -0.25) is 33.8 Å². The summed E-state index contributed by atoms with van der Waals surface area (Å²) in [7, 11) is 3.17. The monoisotopic (exact) mass is 1730 g/mol. The van der Waals surface area contributed by atoms with Crippen molar-refractivity contribution in [3.63, 3.8) is 0 Å². The molecule has 0 aliphatic carbocycles. The molecule has 0 fully saturated rings. The SMILES string of the molecule is COC(=O)C[C@H](CC(=O)[C@H](CC(C)C)NC(=O)CCCN(C(=O)OC(C)(C)C)c1cc(C)ccn1)c1ccc(-c2ccc(O)c3ccccc23)cc1.COC(=O)C[C@H](Cl)c1ccc(-c2ccc(O)c3ccccc23)cc1.Cc1ccnc(N(CCCC(=O)N[C@@H](CC(C)C)C(=O)O)C(=O)OC(C)(C)C)c1.N.[3H][B][3H].[U]. The van der Waals surface area contributed by atoms with Crippen LogP contribution in [0, 0.1) is 56.8 Å². The molecule has 0 spiro atoms. The molecule has 0 aliphatic heterocycles. The fraction of sp³-hybridized carbons (Fsp3) is 0.398. The number of nitrogens with one attached hydrogen (secondary N) is 2. The molecule has 2 aromatic heterocycles. The number of phenolic OH excluding ortho intramolecular Hbond substituents is 2. The van der Waals surface area contributed by atoms with Crippen molar-refractivity contribution in [1.29, 1.82) is 2.67 Å². The number of phenols is 2. The number of carboxylic acids is 1. The number of carbonyl (C=O) groups is 8. The van der Waals surface area contributed by atoms with Crippen LogP contribution in [0.4, 0.5) is 21.2 Å². The van der Waals surface area contributed by atoms with Crippen LogP contribution in [0.15, 0.2) is 158 Å². The number of anilines is 2. The van der Waals surface area contributed by atoms with Crippen LogP contribution < -0.4 is 26.6 Å². The molecule has 22 nitrogen and oxygen atoms in total.